The van der Waals surface area contributed by atoms with E-state index in [0.29, 0.717) is 0 Å². The van der Waals surface area contributed by atoms with Gasteiger partial charge in [-0.25, -0.2) is 9.97 Å². The Bertz CT molecular complexity index is 3210. The lowest BCUT2D eigenvalue weighted by molar-refractivity contribution is 0.661. The van der Waals surface area contributed by atoms with Crippen LogP contribution in [0.15, 0.2) is 194 Å². The van der Waals surface area contributed by atoms with Crippen LogP contribution in [0.1, 0.15) is 25.0 Å². The minimum absolute atomic E-state index is 0.143. The number of nitrogens with zero attached hydrogens (tertiary/aromatic N) is 2. The number of hydrogen-bond acceptors (Lipinski definition) is 2. The highest BCUT2D eigenvalue weighted by Gasteiger charge is 2.37. The molecule has 0 bridgehead atoms. The molecule has 0 atom stereocenters. The SMILES string of the molecule is CC1(C)c2cc3ccccc3cc2-c2c(-c3cc(-c4ccc5cc(-c6ccccc6-c6ccc7ccccc7c6)ccc5c4)nc(-c4ccccc4)n3)cccc21. The molecule has 1 aliphatic rings. The van der Waals surface area contributed by atoms with Gasteiger partial charge >= 0.3 is 0 Å². The number of hydrogen-bond donors (Lipinski definition) is 0. The molecule has 268 valence electrons. The minimum atomic E-state index is -0.143. The van der Waals surface area contributed by atoms with Crippen LogP contribution in [0.4, 0.5) is 0 Å². The van der Waals surface area contributed by atoms with Crippen molar-refractivity contribution >= 4 is 32.3 Å². The zero-order valence-electron chi connectivity index (χ0n) is 31.9. The van der Waals surface area contributed by atoms with Crippen LogP contribution in [0.5, 0.6) is 0 Å². The van der Waals surface area contributed by atoms with Crippen molar-refractivity contribution < 1.29 is 0 Å². The van der Waals surface area contributed by atoms with Crippen molar-refractivity contribution in [3.8, 4) is 67.3 Å². The average Bonchev–Trinajstić information content (AvgIpc) is 3.50. The van der Waals surface area contributed by atoms with Crippen molar-refractivity contribution in [1.82, 2.24) is 9.97 Å². The van der Waals surface area contributed by atoms with Crippen LogP contribution in [0.2, 0.25) is 0 Å². The van der Waals surface area contributed by atoms with Crippen LogP contribution in [-0.4, -0.2) is 9.97 Å². The van der Waals surface area contributed by atoms with Crippen molar-refractivity contribution in [2.45, 2.75) is 19.3 Å². The smallest absolute Gasteiger partial charge is 0.160 e. The lowest BCUT2D eigenvalue weighted by Crippen LogP contribution is -2.14. The fourth-order valence-electron chi connectivity index (χ4n) is 9.05. The lowest BCUT2D eigenvalue weighted by Gasteiger charge is -2.22. The second-order valence-corrected chi connectivity index (χ2v) is 15.8. The van der Waals surface area contributed by atoms with Crippen LogP contribution in [-0.2, 0) is 5.41 Å². The van der Waals surface area contributed by atoms with Gasteiger partial charge < -0.3 is 0 Å². The molecule has 57 heavy (non-hydrogen) atoms. The van der Waals surface area contributed by atoms with Crippen LogP contribution in [0, 0.1) is 0 Å². The van der Waals surface area contributed by atoms with Gasteiger partial charge in [0.15, 0.2) is 5.82 Å². The summed E-state index contributed by atoms with van der Waals surface area (Å²) in [6.07, 6.45) is 0. The van der Waals surface area contributed by atoms with Crippen LogP contribution < -0.4 is 0 Å². The van der Waals surface area contributed by atoms with E-state index in [2.05, 4.69) is 202 Å². The van der Waals surface area contributed by atoms with Crippen molar-refractivity contribution in [1.29, 1.82) is 0 Å². The molecule has 10 aromatic rings. The molecule has 0 radical (unpaired) electrons. The first-order chi connectivity index (χ1) is 28.0. The zero-order chi connectivity index (χ0) is 38.1. The van der Waals surface area contributed by atoms with E-state index in [1.165, 1.54) is 76.8 Å². The highest BCUT2D eigenvalue weighted by Crippen LogP contribution is 2.53. The second-order valence-electron chi connectivity index (χ2n) is 15.8. The summed E-state index contributed by atoms with van der Waals surface area (Å²) in [5, 5.41) is 7.38. The van der Waals surface area contributed by atoms with E-state index in [4.69, 9.17) is 9.97 Å². The molecule has 9 aromatic carbocycles. The molecule has 0 amide bonds. The summed E-state index contributed by atoms with van der Waals surface area (Å²) in [6.45, 7) is 4.69. The number of rotatable bonds is 5. The zero-order valence-corrected chi connectivity index (χ0v) is 31.9. The average molecular weight is 727 g/mol. The van der Waals surface area contributed by atoms with Gasteiger partial charge in [-0.1, -0.05) is 172 Å². The monoisotopic (exact) mass is 726 g/mol. The van der Waals surface area contributed by atoms with Crippen LogP contribution in [0.3, 0.4) is 0 Å². The van der Waals surface area contributed by atoms with E-state index in [-0.39, 0.29) is 5.41 Å². The fraction of sp³-hybridized carbons (Fsp3) is 0.0545. The Balaban J connectivity index is 1.03. The predicted molar refractivity (Wildman–Crippen MR) is 239 cm³/mol. The third-order valence-corrected chi connectivity index (χ3v) is 12.0. The summed E-state index contributed by atoms with van der Waals surface area (Å²) < 4.78 is 0. The van der Waals surface area contributed by atoms with Gasteiger partial charge in [-0.2, -0.15) is 0 Å². The Morgan fingerprint density at radius 2 is 0.825 bits per heavy atom. The maximum Gasteiger partial charge on any atom is 0.160 e. The van der Waals surface area contributed by atoms with Crippen molar-refractivity contribution in [2.75, 3.05) is 0 Å². The third-order valence-electron chi connectivity index (χ3n) is 12.0. The summed E-state index contributed by atoms with van der Waals surface area (Å²) >= 11 is 0. The summed E-state index contributed by atoms with van der Waals surface area (Å²) in [7, 11) is 0. The third kappa shape index (κ3) is 5.56. The molecule has 11 rings (SSSR count). The maximum atomic E-state index is 5.31. The molecule has 2 nitrogen and oxygen atoms in total. The Kier molecular flexibility index (Phi) is 7.55. The number of benzene rings is 9. The van der Waals surface area contributed by atoms with Gasteiger partial charge in [0, 0.05) is 22.1 Å². The van der Waals surface area contributed by atoms with Gasteiger partial charge in [0.25, 0.3) is 0 Å². The van der Waals surface area contributed by atoms with Gasteiger partial charge in [-0.3, -0.25) is 0 Å². The van der Waals surface area contributed by atoms with Crippen LogP contribution in [0.25, 0.3) is 99.6 Å². The minimum Gasteiger partial charge on any atom is -0.228 e. The van der Waals surface area contributed by atoms with Crippen molar-refractivity contribution in [2.24, 2.45) is 0 Å². The molecule has 0 saturated carbocycles. The van der Waals surface area contributed by atoms with Gasteiger partial charge in [0.1, 0.15) is 0 Å². The topological polar surface area (TPSA) is 25.8 Å². The number of aromatic nitrogens is 2. The molecule has 1 heterocycles. The molecule has 0 aliphatic heterocycles. The van der Waals surface area contributed by atoms with E-state index in [1.807, 2.05) is 6.07 Å². The van der Waals surface area contributed by atoms with E-state index >= 15 is 0 Å². The van der Waals surface area contributed by atoms with Gasteiger partial charge in [-0.15, -0.1) is 0 Å². The summed E-state index contributed by atoms with van der Waals surface area (Å²) in [5.74, 6) is 0.720. The molecule has 1 aliphatic carbocycles. The van der Waals surface area contributed by atoms with E-state index in [0.717, 1.165) is 33.9 Å². The largest absolute Gasteiger partial charge is 0.228 e. The summed E-state index contributed by atoms with van der Waals surface area (Å²) in [5.41, 5.74) is 15.0. The normalized spacial score (nSPS) is 12.9. The fourth-order valence-corrected chi connectivity index (χ4v) is 9.05. The first-order valence-electron chi connectivity index (χ1n) is 19.7. The molecule has 2 heteroatoms. The Morgan fingerprint density at radius 3 is 1.53 bits per heavy atom. The van der Waals surface area contributed by atoms with E-state index < -0.39 is 0 Å². The molecule has 0 unspecified atom stereocenters. The van der Waals surface area contributed by atoms with Gasteiger partial charge in [-0.05, 0) is 113 Å². The highest BCUT2D eigenvalue weighted by molar-refractivity contribution is 5.99. The molecular weight excluding hydrogens is 689 g/mol. The van der Waals surface area contributed by atoms with Gasteiger partial charge in [0.2, 0.25) is 0 Å². The maximum absolute atomic E-state index is 5.31. The van der Waals surface area contributed by atoms with Crippen molar-refractivity contribution in [3.05, 3.63) is 205 Å². The summed E-state index contributed by atoms with van der Waals surface area (Å²) in [4.78, 5) is 10.5. The number of fused-ring (bicyclic) bond motifs is 6. The first kappa shape index (κ1) is 33.2. The molecule has 0 spiro atoms. The standard InChI is InChI=1S/C55H38N2/c1-55(2)49-22-12-21-47(53(49)48-32-38-17-8-9-18-39(38)33-50(48)55)52-34-51(56-54(57-52)36-14-4-3-5-15-36)44-28-25-40-30-43(27-24-41(40)31-44)46-20-11-10-19-45(46)42-26-23-35-13-6-7-16-37(35)29-42/h3-34H,1-2H3. The highest BCUT2D eigenvalue weighted by atomic mass is 14.9. The molecule has 0 N–H and O–H groups in total. The molecule has 1 aromatic heterocycles. The van der Waals surface area contributed by atoms with Gasteiger partial charge in [0.05, 0.1) is 11.4 Å². The Labute approximate surface area is 332 Å². The first-order valence-corrected chi connectivity index (χ1v) is 19.7. The second kappa shape index (κ2) is 13.0. The van der Waals surface area contributed by atoms with Crippen LogP contribution >= 0.6 is 0 Å². The quantitative estimate of drug-likeness (QED) is 0.176. The molecular formula is C55H38N2. The predicted octanol–water partition coefficient (Wildman–Crippen LogP) is 14.6. The Morgan fingerprint density at radius 1 is 0.316 bits per heavy atom. The molecule has 0 saturated heterocycles. The lowest BCUT2D eigenvalue weighted by atomic mass is 9.81. The van der Waals surface area contributed by atoms with Crippen molar-refractivity contribution in [3.63, 3.8) is 0 Å². The van der Waals surface area contributed by atoms with E-state index in [1.54, 1.807) is 0 Å². The molecule has 0 fully saturated rings. The summed E-state index contributed by atoms with van der Waals surface area (Å²) in [6, 6.07) is 70.3. The Hall–Kier alpha value is -7.16. The van der Waals surface area contributed by atoms with E-state index in [9.17, 15) is 0 Å².